The van der Waals surface area contributed by atoms with Gasteiger partial charge in [-0.15, -0.1) is 0 Å². The summed E-state index contributed by atoms with van der Waals surface area (Å²) in [5, 5.41) is 14.5. The van der Waals surface area contributed by atoms with Crippen molar-refractivity contribution in [1.82, 2.24) is 9.62 Å². The Hall–Kier alpha value is -1.97. The third kappa shape index (κ3) is 6.02. The van der Waals surface area contributed by atoms with Crippen molar-refractivity contribution in [3.05, 3.63) is 24.3 Å². The number of sulfonamides is 1. The Morgan fingerprint density at radius 1 is 1.21 bits per heavy atom. The first kappa shape index (κ1) is 22.3. The third-order valence-electron chi connectivity index (χ3n) is 4.67. The maximum absolute atomic E-state index is 12.7. The molecular formula is C19H29N3O5S. The van der Waals surface area contributed by atoms with Crippen LogP contribution in [-0.4, -0.2) is 55.4 Å². The Labute approximate surface area is 166 Å². The fraction of sp³-hybridized carbons (Fsp3) is 0.579. The summed E-state index contributed by atoms with van der Waals surface area (Å²) in [4.78, 5) is 23.7. The maximum atomic E-state index is 12.7. The van der Waals surface area contributed by atoms with Crippen molar-refractivity contribution < 1.29 is 23.1 Å². The molecule has 0 unspecified atom stereocenters. The number of nitrogens with one attached hydrogen (secondary N) is 2. The van der Waals surface area contributed by atoms with Gasteiger partial charge in [-0.2, -0.15) is 4.31 Å². The van der Waals surface area contributed by atoms with E-state index in [1.165, 1.54) is 28.6 Å². The molecule has 2 amide bonds. The monoisotopic (exact) mass is 411 g/mol. The third-order valence-corrected chi connectivity index (χ3v) is 6.64. The van der Waals surface area contributed by atoms with Crippen LogP contribution < -0.4 is 10.6 Å². The number of carbonyl (C=O) groups is 2. The maximum Gasteiger partial charge on any atom is 0.243 e. The molecule has 28 heavy (non-hydrogen) atoms. The number of anilines is 1. The van der Waals surface area contributed by atoms with E-state index in [1.54, 1.807) is 0 Å². The predicted molar refractivity (Wildman–Crippen MR) is 106 cm³/mol. The van der Waals surface area contributed by atoms with Gasteiger partial charge < -0.3 is 15.7 Å². The van der Waals surface area contributed by atoms with Crippen molar-refractivity contribution in [1.29, 1.82) is 0 Å². The minimum atomic E-state index is -3.68. The highest BCUT2D eigenvalue weighted by atomic mass is 32.2. The molecule has 8 nitrogen and oxygen atoms in total. The Balaban J connectivity index is 1.90. The minimum absolute atomic E-state index is 0.118. The van der Waals surface area contributed by atoms with Crippen molar-refractivity contribution in [3.63, 3.8) is 0 Å². The summed E-state index contributed by atoms with van der Waals surface area (Å²) in [6.07, 6.45) is 2.51. The lowest BCUT2D eigenvalue weighted by atomic mass is 10.1. The summed E-state index contributed by atoms with van der Waals surface area (Å²) >= 11 is 0. The summed E-state index contributed by atoms with van der Waals surface area (Å²) in [5.41, 5.74) is 0.445. The quantitative estimate of drug-likeness (QED) is 0.567. The average molecular weight is 412 g/mol. The van der Waals surface area contributed by atoms with Crippen LogP contribution >= 0.6 is 0 Å². The van der Waals surface area contributed by atoms with Crippen molar-refractivity contribution >= 4 is 27.5 Å². The first-order valence-electron chi connectivity index (χ1n) is 9.53. The summed E-state index contributed by atoms with van der Waals surface area (Å²) < 4.78 is 26.7. The molecule has 0 aliphatic carbocycles. The van der Waals surface area contributed by atoms with Crippen LogP contribution in [0, 0.1) is 5.92 Å². The van der Waals surface area contributed by atoms with Gasteiger partial charge in [0.1, 0.15) is 0 Å². The van der Waals surface area contributed by atoms with Gasteiger partial charge in [-0.1, -0.05) is 13.8 Å². The number of hydrogen-bond acceptors (Lipinski definition) is 5. The molecule has 1 fully saturated rings. The topological polar surface area (TPSA) is 116 Å². The number of benzene rings is 1. The molecule has 3 N–H and O–H groups in total. The molecule has 2 rings (SSSR count). The Morgan fingerprint density at radius 2 is 1.89 bits per heavy atom. The zero-order chi connectivity index (χ0) is 20.7. The molecular weight excluding hydrogens is 382 g/mol. The average Bonchev–Trinajstić information content (AvgIpc) is 3.15. The number of nitrogens with zero attached hydrogens (tertiary/aromatic N) is 1. The molecule has 156 valence electrons. The van der Waals surface area contributed by atoms with Gasteiger partial charge >= 0.3 is 0 Å². The lowest BCUT2D eigenvalue weighted by Gasteiger charge is -2.22. The van der Waals surface area contributed by atoms with Crippen molar-refractivity contribution in [2.45, 2.75) is 50.5 Å². The van der Waals surface area contributed by atoms with Crippen LogP contribution in [0.5, 0.6) is 0 Å². The second-order valence-corrected chi connectivity index (χ2v) is 9.27. The van der Waals surface area contributed by atoms with Crippen LogP contribution in [0.3, 0.4) is 0 Å². The fourth-order valence-corrected chi connectivity index (χ4v) is 4.73. The van der Waals surface area contributed by atoms with E-state index in [1.807, 2.05) is 13.8 Å². The van der Waals surface area contributed by atoms with Crippen LogP contribution in [0.2, 0.25) is 0 Å². The van der Waals surface area contributed by atoms with Gasteiger partial charge in [-0.05, 0) is 49.4 Å². The minimum Gasteiger partial charge on any atom is -0.395 e. The highest BCUT2D eigenvalue weighted by Crippen LogP contribution is 2.26. The first-order valence-corrected chi connectivity index (χ1v) is 11.0. The lowest BCUT2D eigenvalue weighted by molar-refractivity contribution is -0.124. The van der Waals surface area contributed by atoms with Gasteiger partial charge in [0.15, 0.2) is 0 Å². The summed E-state index contributed by atoms with van der Waals surface area (Å²) in [5.74, 6) is -0.134. The first-order chi connectivity index (χ1) is 13.2. The second-order valence-electron chi connectivity index (χ2n) is 7.38. The molecule has 1 atom stereocenters. The summed E-state index contributed by atoms with van der Waals surface area (Å²) in [6.45, 7) is 4.11. The highest BCUT2D eigenvalue weighted by molar-refractivity contribution is 7.89. The number of aliphatic hydroxyl groups is 1. The molecule has 1 aliphatic rings. The standard InChI is InChI=1S/C19H29N3O5S/c1-14(2)5-10-18(24)20-12-19(25)21-15-6-8-17(9-7-15)28(26,27)22-11-3-4-16(22)13-23/h6-9,14,16,23H,3-5,10-13H2,1-2H3,(H,20,24)(H,21,25)/t16-/m1/s1. The Morgan fingerprint density at radius 3 is 2.50 bits per heavy atom. The number of hydrogen-bond donors (Lipinski definition) is 3. The van der Waals surface area contributed by atoms with Crippen LogP contribution in [0.1, 0.15) is 39.5 Å². The van der Waals surface area contributed by atoms with Crippen molar-refractivity contribution in [3.8, 4) is 0 Å². The van der Waals surface area contributed by atoms with E-state index in [-0.39, 0.29) is 35.9 Å². The van der Waals surface area contributed by atoms with E-state index in [0.717, 1.165) is 12.8 Å². The van der Waals surface area contributed by atoms with Gasteiger partial charge in [-0.25, -0.2) is 8.42 Å². The van der Waals surface area contributed by atoms with Crippen LogP contribution in [0.4, 0.5) is 5.69 Å². The number of rotatable bonds is 9. The SMILES string of the molecule is CC(C)CCC(=O)NCC(=O)Nc1ccc(S(=O)(=O)N2CCC[C@@H]2CO)cc1. The summed E-state index contributed by atoms with van der Waals surface area (Å²) in [7, 11) is -3.68. The smallest absolute Gasteiger partial charge is 0.243 e. The molecule has 1 saturated heterocycles. The molecule has 1 aromatic rings. The van der Waals surface area contributed by atoms with Crippen LogP contribution in [0.25, 0.3) is 0 Å². The van der Waals surface area contributed by atoms with Crippen LogP contribution in [-0.2, 0) is 19.6 Å². The molecule has 0 bridgehead atoms. The number of carbonyl (C=O) groups excluding carboxylic acids is 2. The molecule has 1 aromatic carbocycles. The molecule has 0 saturated carbocycles. The molecule has 0 spiro atoms. The van der Waals surface area contributed by atoms with Gasteiger partial charge in [0.05, 0.1) is 18.0 Å². The number of aliphatic hydroxyl groups excluding tert-OH is 1. The largest absolute Gasteiger partial charge is 0.395 e. The normalized spacial score (nSPS) is 17.6. The van der Waals surface area contributed by atoms with Gasteiger partial charge in [0.25, 0.3) is 0 Å². The van der Waals surface area contributed by atoms with E-state index in [4.69, 9.17) is 0 Å². The second kappa shape index (κ2) is 9.99. The highest BCUT2D eigenvalue weighted by Gasteiger charge is 2.34. The van der Waals surface area contributed by atoms with Crippen LogP contribution in [0.15, 0.2) is 29.2 Å². The zero-order valence-corrected chi connectivity index (χ0v) is 17.2. The molecule has 0 radical (unpaired) electrons. The fourth-order valence-electron chi connectivity index (χ4n) is 3.05. The van der Waals surface area contributed by atoms with Crippen molar-refractivity contribution in [2.24, 2.45) is 5.92 Å². The van der Waals surface area contributed by atoms with E-state index < -0.39 is 10.0 Å². The molecule has 1 aliphatic heterocycles. The lowest BCUT2D eigenvalue weighted by Crippen LogP contribution is -2.37. The zero-order valence-electron chi connectivity index (χ0n) is 16.3. The van der Waals surface area contributed by atoms with E-state index in [0.29, 0.717) is 31.0 Å². The van der Waals surface area contributed by atoms with E-state index in [9.17, 15) is 23.1 Å². The van der Waals surface area contributed by atoms with Gasteiger partial charge in [0.2, 0.25) is 21.8 Å². The van der Waals surface area contributed by atoms with Gasteiger partial charge in [-0.3, -0.25) is 9.59 Å². The van der Waals surface area contributed by atoms with Crippen molar-refractivity contribution in [2.75, 3.05) is 25.0 Å². The molecule has 0 aromatic heterocycles. The van der Waals surface area contributed by atoms with E-state index in [2.05, 4.69) is 10.6 Å². The predicted octanol–water partition coefficient (Wildman–Crippen LogP) is 1.32. The molecule has 9 heteroatoms. The van der Waals surface area contributed by atoms with Gasteiger partial charge in [0, 0.05) is 24.7 Å². The number of amides is 2. The molecule has 1 heterocycles. The Bertz CT molecular complexity index is 777. The summed E-state index contributed by atoms with van der Waals surface area (Å²) in [6, 6.07) is 5.49. The van der Waals surface area contributed by atoms with E-state index >= 15 is 0 Å². The Kier molecular flexibility index (Phi) is 7.97.